The molecule has 0 saturated heterocycles. The predicted octanol–water partition coefficient (Wildman–Crippen LogP) is 5.58. The molecule has 3 heterocycles. The molecule has 0 saturated carbocycles. The molecule has 6 nitrogen and oxygen atoms in total. The summed E-state index contributed by atoms with van der Waals surface area (Å²) in [6.07, 6.45) is 6.02. The van der Waals surface area contributed by atoms with Crippen LogP contribution in [0.2, 0.25) is 5.02 Å². The lowest BCUT2D eigenvalue weighted by atomic mass is 10.2. The Labute approximate surface area is 190 Å². The maximum atomic E-state index is 13.5. The number of unbranched alkanes of at least 4 members (excludes halogenated alkanes) is 3. The fraction of sp³-hybridized carbons (Fsp3) is 0.280. The van der Waals surface area contributed by atoms with Crippen LogP contribution >= 0.6 is 11.6 Å². The van der Waals surface area contributed by atoms with Gasteiger partial charge in [-0.25, -0.2) is 15.0 Å². The van der Waals surface area contributed by atoms with E-state index in [2.05, 4.69) is 6.92 Å². The van der Waals surface area contributed by atoms with Crippen molar-refractivity contribution >= 4 is 44.8 Å². The van der Waals surface area contributed by atoms with E-state index in [4.69, 9.17) is 26.6 Å². The lowest BCUT2D eigenvalue weighted by Crippen LogP contribution is -2.21. The van der Waals surface area contributed by atoms with Gasteiger partial charge in [-0.15, -0.1) is 0 Å². The Morgan fingerprint density at radius 3 is 2.44 bits per heavy atom. The second-order valence-corrected chi connectivity index (χ2v) is 8.47. The molecule has 0 atom stereocenters. The van der Waals surface area contributed by atoms with Crippen molar-refractivity contribution in [3.63, 3.8) is 0 Å². The quantitative estimate of drug-likeness (QED) is 0.307. The fourth-order valence-corrected chi connectivity index (χ4v) is 4.35. The maximum Gasteiger partial charge on any atom is 0.265 e. The van der Waals surface area contributed by atoms with Gasteiger partial charge in [0.1, 0.15) is 10.9 Å². The van der Waals surface area contributed by atoms with Crippen LogP contribution in [0.15, 0.2) is 59.7 Å². The van der Waals surface area contributed by atoms with Gasteiger partial charge in [-0.1, -0.05) is 68.1 Å². The van der Waals surface area contributed by atoms with E-state index in [-0.39, 0.29) is 5.56 Å². The van der Waals surface area contributed by atoms with Crippen LogP contribution in [0.5, 0.6) is 0 Å². The molecule has 3 aromatic heterocycles. The van der Waals surface area contributed by atoms with Crippen molar-refractivity contribution in [2.24, 2.45) is 0 Å². The summed E-state index contributed by atoms with van der Waals surface area (Å²) in [5.74, 6) is 0. The van der Waals surface area contributed by atoms with Gasteiger partial charge >= 0.3 is 0 Å². The van der Waals surface area contributed by atoms with Crippen LogP contribution in [0, 0.1) is 0 Å². The number of hydrogen-bond donors (Lipinski definition) is 0. The third kappa shape index (κ3) is 3.65. The summed E-state index contributed by atoms with van der Waals surface area (Å²) in [6, 6.07) is 15.4. The van der Waals surface area contributed by atoms with Crippen LogP contribution in [0.25, 0.3) is 33.2 Å². The first kappa shape index (κ1) is 20.6. The normalized spacial score (nSPS) is 11.7. The van der Waals surface area contributed by atoms with Crippen molar-refractivity contribution in [3.05, 3.63) is 75.8 Å². The van der Waals surface area contributed by atoms with Crippen molar-refractivity contribution in [1.29, 1.82) is 0 Å². The standard InChI is InChI=1S/C25H24ClN5O/c1-2-3-4-9-14-30-16-27-23-21(25(30)32)22-24(29-20-13-8-7-12-19(20)28-22)31(23)15-17-10-5-6-11-18(17)26/h5-8,10-13,16H,2-4,9,14-15H2,1H3. The molecule has 7 heteroatoms. The number of halogens is 1. The fourth-order valence-electron chi connectivity index (χ4n) is 4.15. The van der Waals surface area contributed by atoms with Crippen molar-refractivity contribution in [2.75, 3.05) is 0 Å². The zero-order chi connectivity index (χ0) is 22.1. The highest BCUT2D eigenvalue weighted by Crippen LogP contribution is 2.27. The number of rotatable bonds is 7. The van der Waals surface area contributed by atoms with E-state index >= 15 is 0 Å². The van der Waals surface area contributed by atoms with Gasteiger partial charge in [-0.2, -0.15) is 0 Å². The molecule has 5 rings (SSSR count). The SMILES string of the molecule is CCCCCCn1cnc2c(c1=O)c1nc3ccccc3nc1n2Cc1ccccc1Cl. The minimum atomic E-state index is -0.0704. The minimum Gasteiger partial charge on any atom is -0.304 e. The van der Waals surface area contributed by atoms with Gasteiger partial charge in [0.05, 0.1) is 23.9 Å². The van der Waals surface area contributed by atoms with E-state index in [0.29, 0.717) is 40.3 Å². The van der Waals surface area contributed by atoms with Crippen LogP contribution in [0.4, 0.5) is 0 Å². The smallest absolute Gasteiger partial charge is 0.265 e. The highest BCUT2D eigenvalue weighted by Gasteiger charge is 2.20. The molecule has 2 aromatic carbocycles. The number of aromatic nitrogens is 5. The third-order valence-electron chi connectivity index (χ3n) is 5.86. The summed E-state index contributed by atoms with van der Waals surface area (Å²) in [5.41, 5.74) is 4.23. The number of fused-ring (bicyclic) bond motifs is 4. The van der Waals surface area contributed by atoms with Crippen molar-refractivity contribution in [1.82, 2.24) is 24.1 Å². The lowest BCUT2D eigenvalue weighted by molar-refractivity contribution is 0.567. The molecule has 0 N–H and O–H groups in total. The number of hydrogen-bond acceptors (Lipinski definition) is 4. The highest BCUT2D eigenvalue weighted by atomic mass is 35.5. The van der Waals surface area contributed by atoms with Crippen LogP contribution < -0.4 is 5.56 Å². The van der Waals surface area contributed by atoms with Gasteiger partial charge in [0.15, 0.2) is 11.3 Å². The molecule has 0 aliphatic carbocycles. The number of aryl methyl sites for hydroxylation is 1. The summed E-state index contributed by atoms with van der Waals surface area (Å²) < 4.78 is 3.66. The zero-order valence-corrected chi connectivity index (χ0v) is 18.7. The molecular formula is C25H24ClN5O. The van der Waals surface area contributed by atoms with E-state index in [1.165, 1.54) is 6.42 Å². The van der Waals surface area contributed by atoms with Crippen LogP contribution in [-0.4, -0.2) is 24.1 Å². The second-order valence-electron chi connectivity index (χ2n) is 8.06. The van der Waals surface area contributed by atoms with Gasteiger partial charge in [0.2, 0.25) is 0 Å². The van der Waals surface area contributed by atoms with Crippen molar-refractivity contribution in [2.45, 2.75) is 45.7 Å². The van der Waals surface area contributed by atoms with Gasteiger partial charge in [-0.05, 0) is 30.2 Å². The Balaban J connectivity index is 1.73. The van der Waals surface area contributed by atoms with E-state index in [0.717, 1.165) is 35.9 Å². The highest BCUT2D eigenvalue weighted by molar-refractivity contribution is 6.31. The summed E-state index contributed by atoms with van der Waals surface area (Å²) in [7, 11) is 0. The van der Waals surface area contributed by atoms with E-state index < -0.39 is 0 Å². The van der Waals surface area contributed by atoms with Gasteiger partial charge in [-0.3, -0.25) is 9.36 Å². The van der Waals surface area contributed by atoms with Gasteiger partial charge in [0.25, 0.3) is 5.56 Å². The van der Waals surface area contributed by atoms with Crippen LogP contribution in [0.1, 0.15) is 38.2 Å². The number of benzene rings is 2. The Kier molecular flexibility index (Phi) is 5.62. The molecule has 5 aromatic rings. The van der Waals surface area contributed by atoms with Crippen LogP contribution in [-0.2, 0) is 13.1 Å². The molecule has 0 unspecified atom stereocenters. The topological polar surface area (TPSA) is 65.6 Å². The van der Waals surface area contributed by atoms with Gasteiger partial charge < -0.3 is 4.57 Å². The average molecular weight is 446 g/mol. The summed E-state index contributed by atoms with van der Waals surface area (Å²) in [6.45, 7) is 3.29. The molecule has 0 spiro atoms. The first-order valence-corrected chi connectivity index (χ1v) is 11.4. The van der Waals surface area contributed by atoms with Crippen molar-refractivity contribution < 1.29 is 0 Å². The Hall–Kier alpha value is -3.25. The predicted molar refractivity (Wildman–Crippen MR) is 129 cm³/mol. The maximum absolute atomic E-state index is 13.5. The molecule has 0 fully saturated rings. The molecule has 0 radical (unpaired) electrons. The summed E-state index contributed by atoms with van der Waals surface area (Å²) >= 11 is 6.44. The largest absolute Gasteiger partial charge is 0.304 e. The molecule has 32 heavy (non-hydrogen) atoms. The molecule has 0 bridgehead atoms. The summed E-state index contributed by atoms with van der Waals surface area (Å²) in [5, 5.41) is 1.18. The van der Waals surface area contributed by atoms with Crippen molar-refractivity contribution in [3.8, 4) is 0 Å². The van der Waals surface area contributed by atoms with E-state index in [1.54, 1.807) is 10.9 Å². The lowest BCUT2D eigenvalue weighted by Gasteiger charge is -2.09. The Morgan fingerprint density at radius 2 is 1.66 bits per heavy atom. The Bertz CT molecular complexity index is 1490. The first-order valence-electron chi connectivity index (χ1n) is 11.0. The molecule has 0 aliphatic heterocycles. The van der Waals surface area contributed by atoms with Gasteiger partial charge in [0, 0.05) is 11.6 Å². The average Bonchev–Trinajstić information content (AvgIpc) is 3.11. The third-order valence-corrected chi connectivity index (χ3v) is 6.23. The molecule has 0 aliphatic rings. The zero-order valence-electron chi connectivity index (χ0n) is 18.0. The monoisotopic (exact) mass is 445 g/mol. The van der Waals surface area contributed by atoms with Crippen LogP contribution in [0.3, 0.4) is 0 Å². The van der Waals surface area contributed by atoms with E-state index in [1.807, 2.05) is 53.1 Å². The van der Waals surface area contributed by atoms with E-state index in [9.17, 15) is 4.79 Å². The summed E-state index contributed by atoms with van der Waals surface area (Å²) in [4.78, 5) is 27.9. The second kappa shape index (κ2) is 8.71. The number of para-hydroxylation sites is 2. The Morgan fingerprint density at radius 1 is 0.906 bits per heavy atom. The number of nitrogens with zero attached hydrogens (tertiary/aromatic N) is 5. The first-order chi connectivity index (χ1) is 15.7. The molecule has 0 amide bonds. The minimum absolute atomic E-state index is 0.0704. The molecule has 162 valence electrons. The molecular weight excluding hydrogens is 422 g/mol.